The van der Waals surface area contributed by atoms with Crippen molar-refractivity contribution in [1.82, 2.24) is 10.2 Å². The highest BCUT2D eigenvalue weighted by molar-refractivity contribution is 7.14. The predicted octanol–water partition coefficient (Wildman–Crippen LogP) is 2.11. The minimum absolute atomic E-state index is 0.312. The monoisotopic (exact) mass is 336 g/mol. The van der Waals surface area contributed by atoms with E-state index in [9.17, 15) is 14.4 Å². The molecular weight excluding hydrogens is 316 g/mol. The second-order valence-electron chi connectivity index (χ2n) is 5.89. The zero-order valence-corrected chi connectivity index (χ0v) is 13.9. The van der Waals surface area contributed by atoms with Crippen LogP contribution in [0.5, 0.6) is 0 Å². The van der Waals surface area contributed by atoms with Gasteiger partial charge < -0.3 is 10.1 Å². The molecule has 1 saturated heterocycles. The minimum Gasteiger partial charge on any atom is -0.448 e. The Labute approximate surface area is 138 Å². The van der Waals surface area contributed by atoms with Crippen LogP contribution in [0.4, 0.5) is 4.79 Å². The molecule has 1 aromatic rings. The molecule has 0 aromatic carbocycles. The van der Waals surface area contributed by atoms with Crippen molar-refractivity contribution in [2.75, 3.05) is 13.1 Å². The molecule has 0 bridgehead atoms. The summed E-state index contributed by atoms with van der Waals surface area (Å²) in [5.74, 6) is -0.963. The summed E-state index contributed by atoms with van der Waals surface area (Å²) in [6, 6.07) is 1.47. The molecule has 1 aromatic heterocycles. The van der Waals surface area contributed by atoms with Crippen LogP contribution in [0.1, 0.15) is 46.3 Å². The third-order valence-corrected chi connectivity index (χ3v) is 5.42. The highest BCUT2D eigenvalue weighted by Crippen LogP contribution is 2.29. The SMILES string of the molecule is C[C@H](OC(=O)c1cc2c(s1)CCCCC2)C(=O)N1CCNC1=O. The number of aryl methyl sites for hydroxylation is 2. The van der Waals surface area contributed by atoms with E-state index >= 15 is 0 Å². The molecule has 2 heterocycles. The van der Waals surface area contributed by atoms with Gasteiger partial charge in [-0.25, -0.2) is 9.59 Å². The summed E-state index contributed by atoms with van der Waals surface area (Å²) in [6.45, 7) is 2.25. The molecule has 7 heteroatoms. The molecule has 1 fully saturated rings. The van der Waals surface area contributed by atoms with Gasteiger partial charge in [0.1, 0.15) is 4.88 Å². The molecule has 0 unspecified atom stereocenters. The molecule has 0 saturated carbocycles. The molecule has 1 N–H and O–H groups in total. The van der Waals surface area contributed by atoms with E-state index in [0.29, 0.717) is 18.0 Å². The van der Waals surface area contributed by atoms with Crippen molar-refractivity contribution < 1.29 is 19.1 Å². The fourth-order valence-electron chi connectivity index (χ4n) is 2.94. The number of nitrogens with one attached hydrogen (secondary N) is 1. The highest BCUT2D eigenvalue weighted by atomic mass is 32.1. The number of ether oxygens (including phenoxy) is 1. The summed E-state index contributed by atoms with van der Waals surface area (Å²) in [5, 5.41) is 2.56. The lowest BCUT2D eigenvalue weighted by atomic mass is 10.1. The first-order valence-electron chi connectivity index (χ1n) is 7.98. The topological polar surface area (TPSA) is 75.7 Å². The van der Waals surface area contributed by atoms with Crippen molar-refractivity contribution >= 4 is 29.2 Å². The maximum Gasteiger partial charge on any atom is 0.349 e. The number of thiophene rings is 1. The normalized spacial score (nSPS) is 18.8. The Balaban J connectivity index is 1.64. The zero-order chi connectivity index (χ0) is 16.4. The molecule has 2 aliphatic rings. The summed E-state index contributed by atoms with van der Waals surface area (Å²) < 4.78 is 5.27. The van der Waals surface area contributed by atoms with Crippen molar-refractivity contribution in [3.8, 4) is 0 Å². The zero-order valence-electron chi connectivity index (χ0n) is 13.1. The number of fused-ring (bicyclic) bond motifs is 1. The van der Waals surface area contributed by atoms with Crippen molar-refractivity contribution in [1.29, 1.82) is 0 Å². The molecule has 3 amide bonds. The smallest absolute Gasteiger partial charge is 0.349 e. The van der Waals surface area contributed by atoms with E-state index in [1.54, 1.807) is 0 Å². The van der Waals surface area contributed by atoms with E-state index < -0.39 is 24.0 Å². The number of carbonyl (C=O) groups is 3. The maximum atomic E-state index is 12.3. The van der Waals surface area contributed by atoms with Gasteiger partial charge in [0.15, 0.2) is 6.10 Å². The van der Waals surface area contributed by atoms with Crippen LogP contribution >= 0.6 is 11.3 Å². The lowest BCUT2D eigenvalue weighted by Crippen LogP contribution is -2.41. The Morgan fingerprint density at radius 1 is 1.30 bits per heavy atom. The van der Waals surface area contributed by atoms with Gasteiger partial charge in [-0.2, -0.15) is 0 Å². The summed E-state index contributed by atoms with van der Waals surface area (Å²) in [5.41, 5.74) is 1.23. The quantitative estimate of drug-likeness (QED) is 0.677. The fourth-order valence-corrected chi connectivity index (χ4v) is 4.07. The van der Waals surface area contributed by atoms with Gasteiger partial charge in [0.2, 0.25) is 0 Å². The van der Waals surface area contributed by atoms with Crippen LogP contribution in [-0.4, -0.2) is 42.0 Å². The molecule has 1 aliphatic carbocycles. The molecule has 1 atom stereocenters. The molecule has 3 rings (SSSR count). The average molecular weight is 336 g/mol. The van der Waals surface area contributed by atoms with Crippen LogP contribution in [-0.2, 0) is 22.4 Å². The van der Waals surface area contributed by atoms with E-state index in [2.05, 4.69) is 5.32 Å². The number of carbonyl (C=O) groups excluding carboxylic acids is 3. The van der Waals surface area contributed by atoms with Gasteiger partial charge in [-0.1, -0.05) is 6.42 Å². The van der Waals surface area contributed by atoms with E-state index in [1.165, 1.54) is 35.1 Å². The molecule has 0 spiro atoms. The van der Waals surface area contributed by atoms with E-state index in [1.807, 2.05) is 6.07 Å². The number of rotatable bonds is 3. The van der Waals surface area contributed by atoms with Gasteiger partial charge in [0, 0.05) is 18.0 Å². The van der Waals surface area contributed by atoms with Crippen LogP contribution in [0.25, 0.3) is 0 Å². The number of esters is 1. The first-order valence-corrected chi connectivity index (χ1v) is 8.79. The largest absolute Gasteiger partial charge is 0.448 e. The molecular formula is C16H20N2O4S. The third kappa shape index (κ3) is 3.39. The summed E-state index contributed by atoms with van der Waals surface area (Å²) >= 11 is 1.46. The first-order chi connectivity index (χ1) is 11.1. The van der Waals surface area contributed by atoms with Crippen LogP contribution in [0.15, 0.2) is 6.07 Å². The van der Waals surface area contributed by atoms with Gasteiger partial charge in [0.05, 0.1) is 0 Å². The van der Waals surface area contributed by atoms with Gasteiger partial charge in [-0.3, -0.25) is 9.69 Å². The molecule has 0 radical (unpaired) electrons. The van der Waals surface area contributed by atoms with E-state index in [0.717, 1.165) is 30.6 Å². The summed E-state index contributed by atoms with van der Waals surface area (Å²) in [7, 11) is 0. The Bertz CT molecular complexity index is 617. The lowest BCUT2D eigenvalue weighted by Gasteiger charge is -2.17. The van der Waals surface area contributed by atoms with Crippen molar-refractivity contribution in [3.63, 3.8) is 0 Å². The van der Waals surface area contributed by atoms with Crippen LogP contribution in [0.2, 0.25) is 0 Å². The van der Waals surface area contributed by atoms with Gasteiger partial charge in [0.25, 0.3) is 5.91 Å². The van der Waals surface area contributed by atoms with Crippen molar-refractivity contribution in [2.45, 2.75) is 45.1 Å². The standard InChI is InChI=1S/C16H20N2O4S/c1-10(14(19)18-8-7-17-16(18)21)22-15(20)13-9-11-5-3-2-4-6-12(11)23-13/h9-10H,2-8H2,1H3,(H,17,21)/t10-/m0/s1. The highest BCUT2D eigenvalue weighted by Gasteiger charge is 2.32. The second kappa shape index (κ2) is 6.70. The Morgan fingerprint density at radius 3 is 2.83 bits per heavy atom. The van der Waals surface area contributed by atoms with Crippen molar-refractivity contribution in [3.05, 3.63) is 21.4 Å². The van der Waals surface area contributed by atoms with Gasteiger partial charge >= 0.3 is 12.0 Å². The molecule has 124 valence electrons. The number of hydrogen-bond donors (Lipinski definition) is 1. The van der Waals surface area contributed by atoms with Crippen LogP contribution in [0, 0.1) is 0 Å². The number of urea groups is 1. The Hall–Kier alpha value is -1.89. The minimum atomic E-state index is -0.965. The maximum absolute atomic E-state index is 12.3. The fraction of sp³-hybridized carbons (Fsp3) is 0.562. The Kier molecular flexibility index (Phi) is 4.66. The van der Waals surface area contributed by atoms with Gasteiger partial charge in [-0.05, 0) is 44.2 Å². The third-order valence-electron chi connectivity index (χ3n) is 4.20. The molecule has 1 aliphatic heterocycles. The summed E-state index contributed by atoms with van der Waals surface area (Å²) in [4.78, 5) is 38.8. The second-order valence-corrected chi connectivity index (χ2v) is 7.03. The predicted molar refractivity (Wildman–Crippen MR) is 85.6 cm³/mol. The average Bonchev–Trinajstić information content (AvgIpc) is 3.07. The van der Waals surface area contributed by atoms with E-state index in [-0.39, 0.29) is 0 Å². The number of nitrogens with zero attached hydrogens (tertiary/aromatic N) is 1. The first kappa shape index (κ1) is 16.0. The van der Waals surface area contributed by atoms with Gasteiger partial charge in [-0.15, -0.1) is 11.3 Å². The Morgan fingerprint density at radius 2 is 2.09 bits per heavy atom. The van der Waals surface area contributed by atoms with E-state index in [4.69, 9.17) is 4.74 Å². The lowest BCUT2D eigenvalue weighted by molar-refractivity contribution is -0.135. The molecule has 23 heavy (non-hydrogen) atoms. The van der Waals surface area contributed by atoms with Crippen LogP contribution < -0.4 is 5.32 Å². The number of amides is 3. The molecule has 6 nitrogen and oxygen atoms in total. The number of hydrogen-bond acceptors (Lipinski definition) is 5. The van der Waals surface area contributed by atoms with Crippen LogP contribution in [0.3, 0.4) is 0 Å². The number of imide groups is 1. The van der Waals surface area contributed by atoms with Crippen molar-refractivity contribution in [2.24, 2.45) is 0 Å². The summed E-state index contributed by atoms with van der Waals surface area (Å²) in [6.07, 6.45) is 4.58.